The second-order valence-electron chi connectivity index (χ2n) is 4.12. The van der Waals surface area contributed by atoms with Gasteiger partial charge in [-0.15, -0.1) is 0 Å². The maximum atomic E-state index is 5.59. The quantitative estimate of drug-likeness (QED) is 0.566. The van der Waals surface area contributed by atoms with Crippen LogP contribution in [0.3, 0.4) is 0 Å². The number of hydrogen-bond acceptors (Lipinski definition) is 3. The van der Waals surface area contributed by atoms with Gasteiger partial charge in [0.2, 0.25) is 0 Å². The van der Waals surface area contributed by atoms with Crippen LogP contribution in [0.25, 0.3) is 0 Å². The summed E-state index contributed by atoms with van der Waals surface area (Å²) in [6.07, 6.45) is -0.0951. The molecule has 1 saturated heterocycles. The Bertz CT molecular complexity index is 123. The van der Waals surface area contributed by atoms with E-state index in [1.807, 2.05) is 0 Å². The Labute approximate surface area is 67.9 Å². The van der Waals surface area contributed by atoms with E-state index in [1.165, 1.54) is 0 Å². The minimum absolute atomic E-state index is 0.0496. The van der Waals surface area contributed by atoms with Gasteiger partial charge in [0.05, 0.1) is 19.3 Å². The van der Waals surface area contributed by atoms with Crippen LogP contribution in [0.2, 0.25) is 0 Å². The average Bonchev–Trinajstić information content (AvgIpc) is 1.86. The molecule has 0 bridgehead atoms. The molecule has 66 valence electrons. The summed E-state index contributed by atoms with van der Waals surface area (Å²) in [7, 11) is 0. The highest BCUT2D eigenvalue weighted by molar-refractivity contribution is 4.72. The summed E-state index contributed by atoms with van der Waals surface area (Å²) in [4.78, 5) is 0. The van der Waals surface area contributed by atoms with Gasteiger partial charge in [-0.3, -0.25) is 0 Å². The number of nitrogens with two attached hydrogens (primary N) is 1. The molecule has 11 heavy (non-hydrogen) atoms. The Morgan fingerprint density at radius 3 is 2.00 bits per heavy atom. The molecule has 1 fully saturated rings. The van der Waals surface area contributed by atoms with Gasteiger partial charge in [0.25, 0.3) is 0 Å². The van der Waals surface area contributed by atoms with E-state index in [0.717, 1.165) is 0 Å². The Morgan fingerprint density at radius 1 is 1.18 bits per heavy atom. The Balaban J connectivity index is 2.39. The first-order valence-corrected chi connectivity index (χ1v) is 3.99. The lowest BCUT2D eigenvalue weighted by Gasteiger charge is -2.35. The van der Waals surface area contributed by atoms with Crippen LogP contribution >= 0.6 is 0 Å². The first-order chi connectivity index (χ1) is 5.00. The maximum absolute atomic E-state index is 5.59. The lowest BCUT2D eigenvalue weighted by atomic mass is 9.95. The van der Waals surface area contributed by atoms with E-state index in [1.54, 1.807) is 0 Å². The van der Waals surface area contributed by atoms with Crippen molar-refractivity contribution in [2.24, 2.45) is 11.1 Å². The van der Waals surface area contributed by atoms with Crippen LogP contribution in [0, 0.1) is 5.41 Å². The van der Waals surface area contributed by atoms with Crippen LogP contribution in [0.5, 0.6) is 0 Å². The van der Waals surface area contributed by atoms with Crippen LogP contribution in [0.15, 0.2) is 0 Å². The third kappa shape index (κ3) is 2.43. The first kappa shape index (κ1) is 8.97. The monoisotopic (exact) mass is 159 g/mol. The summed E-state index contributed by atoms with van der Waals surface area (Å²) in [5.74, 6) is 0. The van der Waals surface area contributed by atoms with E-state index in [-0.39, 0.29) is 17.7 Å². The molecule has 2 N–H and O–H groups in total. The fourth-order valence-corrected chi connectivity index (χ4v) is 1.02. The van der Waals surface area contributed by atoms with Crippen molar-refractivity contribution in [3.63, 3.8) is 0 Å². The lowest BCUT2D eigenvalue weighted by molar-refractivity contribution is -0.229. The summed E-state index contributed by atoms with van der Waals surface area (Å²) in [5, 5.41) is 0. The molecule has 1 heterocycles. The van der Waals surface area contributed by atoms with Crippen molar-refractivity contribution in [2.75, 3.05) is 13.2 Å². The molecule has 0 aromatic heterocycles. The summed E-state index contributed by atoms with van der Waals surface area (Å²) in [6, 6.07) is 0.0496. The van der Waals surface area contributed by atoms with E-state index in [9.17, 15) is 0 Å². The molecule has 0 aromatic rings. The van der Waals surface area contributed by atoms with E-state index >= 15 is 0 Å². The fourth-order valence-electron chi connectivity index (χ4n) is 1.02. The molecule has 0 aromatic carbocycles. The van der Waals surface area contributed by atoms with E-state index in [4.69, 9.17) is 15.2 Å². The molecule has 1 rings (SSSR count). The molecule has 1 aliphatic rings. The van der Waals surface area contributed by atoms with Crippen molar-refractivity contribution >= 4 is 0 Å². The van der Waals surface area contributed by atoms with Crippen molar-refractivity contribution in [3.8, 4) is 0 Å². The van der Waals surface area contributed by atoms with Crippen LogP contribution in [-0.4, -0.2) is 25.5 Å². The first-order valence-electron chi connectivity index (χ1n) is 3.99. The van der Waals surface area contributed by atoms with E-state index in [2.05, 4.69) is 20.8 Å². The molecule has 3 nitrogen and oxygen atoms in total. The normalized spacial score (nSPS) is 33.8. The molecule has 0 spiro atoms. The second kappa shape index (κ2) is 3.09. The molecule has 0 saturated carbocycles. The second-order valence-corrected chi connectivity index (χ2v) is 4.12. The third-order valence-corrected chi connectivity index (χ3v) is 1.63. The van der Waals surface area contributed by atoms with Crippen LogP contribution in [0.1, 0.15) is 20.8 Å². The molecular formula is C8H17NO2. The molecule has 3 heteroatoms. The lowest BCUT2D eigenvalue weighted by Crippen LogP contribution is -2.45. The van der Waals surface area contributed by atoms with Crippen molar-refractivity contribution in [1.29, 1.82) is 0 Å². The Morgan fingerprint density at radius 2 is 1.64 bits per heavy atom. The number of hydrogen-bond donors (Lipinski definition) is 1. The maximum Gasteiger partial charge on any atom is 0.162 e. The summed E-state index contributed by atoms with van der Waals surface area (Å²) >= 11 is 0. The smallest absolute Gasteiger partial charge is 0.162 e. The SMILES string of the molecule is CC(C)(C)C1OCC(N)CO1. The van der Waals surface area contributed by atoms with Crippen molar-refractivity contribution in [1.82, 2.24) is 0 Å². The predicted molar refractivity (Wildman–Crippen MR) is 43.1 cm³/mol. The average molecular weight is 159 g/mol. The van der Waals surface area contributed by atoms with Gasteiger partial charge < -0.3 is 15.2 Å². The number of rotatable bonds is 0. The molecular weight excluding hydrogens is 142 g/mol. The van der Waals surface area contributed by atoms with Crippen LogP contribution in [-0.2, 0) is 9.47 Å². The predicted octanol–water partition coefficient (Wildman–Crippen LogP) is 0.733. The number of ether oxygens (including phenoxy) is 2. The van der Waals surface area contributed by atoms with E-state index < -0.39 is 0 Å². The summed E-state index contributed by atoms with van der Waals surface area (Å²) < 4.78 is 10.8. The molecule has 0 unspecified atom stereocenters. The Kier molecular flexibility index (Phi) is 2.52. The minimum Gasteiger partial charge on any atom is -0.350 e. The van der Waals surface area contributed by atoms with E-state index in [0.29, 0.717) is 13.2 Å². The molecule has 0 aliphatic carbocycles. The zero-order valence-electron chi connectivity index (χ0n) is 7.46. The fraction of sp³-hybridized carbons (Fsp3) is 1.00. The third-order valence-electron chi connectivity index (χ3n) is 1.63. The van der Waals surface area contributed by atoms with Gasteiger partial charge in [0, 0.05) is 5.41 Å². The van der Waals surface area contributed by atoms with Gasteiger partial charge in [0.15, 0.2) is 6.29 Å². The highest BCUT2D eigenvalue weighted by Crippen LogP contribution is 2.25. The van der Waals surface area contributed by atoms with Gasteiger partial charge in [-0.1, -0.05) is 20.8 Å². The molecule has 1 aliphatic heterocycles. The van der Waals surface area contributed by atoms with Gasteiger partial charge in [-0.25, -0.2) is 0 Å². The highest BCUT2D eigenvalue weighted by atomic mass is 16.7. The Hall–Kier alpha value is -0.120. The molecule has 0 atom stereocenters. The largest absolute Gasteiger partial charge is 0.350 e. The van der Waals surface area contributed by atoms with Crippen molar-refractivity contribution < 1.29 is 9.47 Å². The van der Waals surface area contributed by atoms with Gasteiger partial charge in [-0.2, -0.15) is 0 Å². The van der Waals surface area contributed by atoms with Gasteiger partial charge in [0.1, 0.15) is 0 Å². The summed E-state index contributed by atoms with van der Waals surface area (Å²) in [6.45, 7) is 7.50. The van der Waals surface area contributed by atoms with Crippen molar-refractivity contribution in [3.05, 3.63) is 0 Å². The van der Waals surface area contributed by atoms with Crippen LogP contribution < -0.4 is 5.73 Å². The highest BCUT2D eigenvalue weighted by Gasteiger charge is 2.30. The molecule has 0 radical (unpaired) electrons. The van der Waals surface area contributed by atoms with Crippen LogP contribution in [0.4, 0.5) is 0 Å². The standard InChI is InChI=1S/C8H17NO2/c1-8(2,3)7-10-4-6(9)5-11-7/h6-7H,4-5,9H2,1-3H3. The molecule has 0 amide bonds. The summed E-state index contributed by atoms with van der Waals surface area (Å²) in [5.41, 5.74) is 5.65. The zero-order chi connectivity index (χ0) is 8.48. The van der Waals surface area contributed by atoms with Gasteiger partial charge in [-0.05, 0) is 0 Å². The van der Waals surface area contributed by atoms with Gasteiger partial charge >= 0.3 is 0 Å². The van der Waals surface area contributed by atoms with Crippen molar-refractivity contribution in [2.45, 2.75) is 33.1 Å². The zero-order valence-corrected chi connectivity index (χ0v) is 7.46. The minimum atomic E-state index is -0.0951. The topological polar surface area (TPSA) is 44.5 Å².